The molecule has 150 valence electrons. The second-order valence-electron chi connectivity index (χ2n) is 8.92. The number of fused-ring (bicyclic) bond motifs is 1. The first-order valence-corrected chi connectivity index (χ1v) is 10.2. The lowest BCUT2D eigenvalue weighted by Gasteiger charge is -2.33. The maximum atomic E-state index is 12.5. The summed E-state index contributed by atoms with van der Waals surface area (Å²) in [5.41, 5.74) is 3.01. The minimum atomic E-state index is -0.107. The summed E-state index contributed by atoms with van der Waals surface area (Å²) in [5, 5.41) is 8.82. The summed E-state index contributed by atoms with van der Waals surface area (Å²) in [5.74, 6) is 1.42. The number of nitrogens with zero attached hydrogens (tertiary/aromatic N) is 5. The molecule has 4 heterocycles. The third-order valence-corrected chi connectivity index (χ3v) is 5.73. The first-order valence-electron chi connectivity index (χ1n) is 10.2. The molecule has 28 heavy (non-hydrogen) atoms. The predicted molar refractivity (Wildman–Crippen MR) is 108 cm³/mol. The molecule has 2 aromatic rings. The highest BCUT2D eigenvalue weighted by molar-refractivity contribution is 5.42. The van der Waals surface area contributed by atoms with Crippen LogP contribution in [0, 0.1) is 5.92 Å². The molecule has 7 nitrogen and oxygen atoms in total. The lowest BCUT2D eigenvalue weighted by atomic mass is 9.92. The second kappa shape index (κ2) is 7.62. The van der Waals surface area contributed by atoms with Crippen LogP contribution in [0.5, 0.6) is 0 Å². The highest BCUT2D eigenvalue weighted by Crippen LogP contribution is 2.25. The van der Waals surface area contributed by atoms with E-state index in [1.54, 1.807) is 17.0 Å². The van der Waals surface area contributed by atoms with Gasteiger partial charge in [-0.1, -0.05) is 20.8 Å². The van der Waals surface area contributed by atoms with Crippen LogP contribution in [0.3, 0.4) is 0 Å². The minimum absolute atomic E-state index is 0.0444. The largest absolute Gasteiger partial charge is 0.376 e. The number of hydrogen-bond acceptors (Lipinski definition) is 6. The first kappa shape index (κ1) is 19.1. The number of aromatic nitrogens is 4. The average molecular weight is 383 g/mol. The van der Waals surface area contributed by atoms with E-state index in [4.69, 9.17) is 4.74 Å². The van der Waals surface area contributed by atoms with Gasteiger partial charge in [-0.3, -0.25) is 9.36 Å². The van der Waals surface area contributed by atoms with Crippen molar-refractivity contribution in [3.8, 4) is 0 Å². The van der Waals surface area contributed by atoms with E-state index in [2.05, 4.69) is 46.9 Å². The summed E-state index contributed by atoms with van der Waals surface area (Å²) < 4.78 is 7.29. The number of rotatable bonds is 3. The smallest absolute Gasteiger partial charge is 0.253 e. The fourth-order valence-electron chi connectivity index (χ4n) is 3.88. The third-order valence-electron chi connectivity index (χ3n) is 5.73. The Labute approximate surface area is 165 Å². The molecule has 4 rings (SSSR count). The maximum Gasteiger partial charge on any atom is 0.253 e. The Morgan fingerprint density at radius 3 is 2.68 bits per heavy atom. The van der Waals surface area contributed by atoms with Gasteiger partial charge in [0.05, 0.1) is 30.9 Å². The average Bonchev–Trinajstić information content (AvgIpc) is 2.69. The van der Waals surface area contributed by atoms with Crippen LogP contribution < -0.4 is 10.5 Å². The lowest BCUT2D eigenvalue weighted by Crippen LogP contribution is -2.37. The highest BCUT2D eigenvalue weighted by atomic mass is 16.5. The summed E-state index contributed by atoms with van der Waals surface area (Å²) in [6, 6.07) is 3.81. The van der Waals surface area contributed by atoms with Crippen LogP contribution >= 0.6 is 0 Å². The molecule has 0 spiro atoms. The summed E-state index contributed by atoms with van der Waals surface area (Å²) in [4.78, 5) is 19.3. The SMILES string of the molecule is CC(C)(C)c1cc(=O)n(CC2CCN(c3cc4c(nn3)CCOC4)CC2)cn1. The maximum absolute atomic E-state index is 12.5. The van der Waals surface area contributed by atoms with Crippen LogP contribution in [0.4, 0.5) is 5.82 Å². The van der Waals surface area contributed by atoms with E-state index in [1.165, 1.54) is 0 Å². The van der Waals surface area contributed by atoms with Crippen molar-refractivity contribution in [1.82, 2.24) is 19.7 Å². The van der Waals surface area contributed by atoms with E-state index in [1.807, 2.05) is 0 Å². The van der Waals surface area contributed by atoms with Gasteiger partial charge in [-0.05, 0) is 24.8 Å². The summed E-state index contributed by atoms with van der Waals surface area (Å²) in [6.07, 6.45) is 4.62. The normalized spacial score (nSPS) is 18.2. The van der Waals surface area contributed by atoms with Crippen molar-refractivity contribution in [3.05, 3.63) is 45.8 Å². The molecule has 0 aromatic carbocycles. The first-order chi connectivity index (χ1) is 13.4. The number of ether oxygens (including phenoxy) is 1. The van der Waals surface area contributed by atoms with Gasteiger partial charge in [-0.15, -0.1) is 5.10 Å². The van der Waals surface area contributed by atoms with Crippen molar-refractivity contribution in [1.29, 1.82) is 0 Å². The molecular weight excluding hydrogens is 354 g/mol. The topological polar surface area (TPSA) is 73.1 Å². The number of anilines is 1. The van der Waals surface area contributed by atoms with Crippen LogP contribution in [-0.4, -0.2) is 39.4 Å². The molecule has 7 heteroatoms. The molecule has 0 unspecified atom stereocenters. The van der Waals surface area contributed by atoms with E-state index in [-0.39, 0.29) is 11.0 Å². The molecule has 0 amide bonds. The van der Waals surface area contributed by atoms with E-state index in [0.717, 1.165) is 68.3 Å². The van der Waals surface area contributed by atoms with Crippen LogP contribution in [-0.2, 0) is 29.7 Å². The number of piperidine rings is 1. The Kier molecular flexibility index (Phi) is 5.19. The van der Waals surface area contributed by atoms with Crippen LogP contribution in [0.25, 0.3) is 0 Å². The molecule has 0 saturated carbocycles. The predicted octanol–water partition coefficient (Wildman–Crippen LogP) is 2.32. The van der Waals surface area contributed by atoms with E-state index >= 15 is 0 Å². The molecule has 0 radical (unpaired) electrons. The van der Waals surface area contributed by atoms with Crippen molar-refractivity contribution in [3.63, 3.8) is 0 Å². The zero-order valence-corrected chi connectivity index (χ0v) is 17.0. The molecule has 2 aliphatic heterocycles. The molecule has 2 aromatic heterocycles. The highest BCUT2D eigenvalue weighted by Gasteiger charge is 2.23. The van der Waals surface area contributed by atoms with Gasteiger partial charge in [0.15, 0.2) is 5.82 Å². The molecule has 0 N–H and O–H groups in total. The molecular formula is C21H29N5O2. The van der Waals surface area contributed by atoms with Gasteiger partial charge in [-0.25, -0.2) is 4.98 Å². The third kappa shape index (κ3) is 4.09. The van der Waals surface area contributed by atoms with Crippen molar-refractivity contribution in [2.45, 2.75) is 58.6 Å². The van der Waals surface area contributed by atoms with Crippen molar-refractivity contribution >= 4 is 5.82 Å². The van der Waals surface area contributed by atoms with Crippen LogP contribution in [0.2, 0.25) is 0 Å². The molecule has 0 aliphatic carbocycles. The summed E-state index contributed by atoms with van der Waals surface area (Å²) in [7, 11) is 0. The monoisotopic (exact) mass is 383 g/mol. The Morgan fingerprint density at radius 1 is 1.18 bits per heavy atom. The Balaban J connectivity index is 1.38. The van der Waals surface area contributed by atoms with Crippen molar-refractivity contribution < 1.29 is 4.74 Å². The minimum Gasteiger partial charge on any atom is -0.376 e. The van der Waals surface area contributed by atoms with E-state index < -0.39 is 0 Å². The molecule has 2 aliphatic rings. The lowest BCUT2D eigenvalue weighted by molar-refractivity contribution is 0.108. The fraction of sp³-hybridized carbons (Fsp3) is 0.619. The van der Waals surface area contributed by atoms with Crippen molar-refractivity contribution in [2.24, 2.45) is 5.92 Å². The van der Waals surface area contributed by atoms with E-state index in [0.29, 0.717) is 12.5 Å². The van der Waals surface area contributed by atoms with Gasteiger partial charge in [0.2, 0.25) is 0 Å². The van der Waals surface area contributed by atoms with Crippen LogP contribution in [0.1, 0.15) is 50.6 Å². The van der Waals surface area contributed by atoms with Crippen molar-refractivity contribution in [2.75, 3.05) is 24.6 Å². The van der Waals surface area contributed by atoms with Gasteiger partial charge < -0.3 is 9.64 Å². The van der Waals surface area contributed by atoms with Gasteiger partial charge in [0, 0.05) is 43.1 Å². The van der Waals surface area contributed by atoms with Gasteiger partial charge >= 0.3 is 0 Å². The second-order valence-corrected chi connectivity index (χ2v) is 8.92. The fourth-order valence-corrected chi connectivity index (χ4v) is 3.88. The summed E-state index contributed by atoms with van der Waals surface area (Å²) >= 11 is 0. The Bertz CT molecular complexity index is 894. The molecule has 1 fully saturated rings. The molecule has 1 saturated heterocycles. The Morgan fingerprint density at radius 2 is 1.96 bits per heavy atom. The molecule has 0 atom stereocenters. The van der Waals surface area contributed by atoms with E-state index in [9.17, 15) is 4.79 Å². The quantitative estimate of drug-likeness (QED) is 0.810. The Hall–Kier alpha value is -2.28. The zero-order valence-electron chi connectivity index (χ0n) is 17.0. The van der Waals surface area contributed by atoms with Gasteiger partial charge in [-0.2, -0.15) is 5.10 Å². The zero-order chi connectivity index (χ0) is 19.7. The standard InChI is InChI=1S/C21H29N5O2/c1-21(2,3)18-11-20(27)26(14-22-18)12-15-4-7-25(8-5-15)19-10-16-13-28-9-6-17(16)23-24-19/h10-11,14-15H,4-9,12-13H2,1-3H3. The van der Waals surface area contributed by atoms with Crippen LogP contribution in [0.15, 0.2) is 23.3 Å². The van der Waals surface area contributed by atoms with Gasteiger partial charge in [0.25, 0.3) is 5.56 Å². The number of hydrogen-bond donors (Lipinski definition) is 0. The molecule has 0 bridgehead atoms. The summed E-state index contributed by atoms with van der Waals surface area (Å²) in [6.45, 7) is 10.2. The van der Waals surface area contributed by atoms with Gasteiger partial charge in [0.1, 0.15) is 0 Å².